The molecule has 3 nitrogen and oxygen atoms in total. The van der Waals surface area contributed by atoms with E-state index in [-0.39, 0.29) is 5.91 Å². The summed E-state index contributed by atoms with van der Waals surface area (Å²) in [5.41, 5.74) is 0.197. The number of benzene rings is 2. The van der Waals surface area contributed by atoms with Crippen LogP contribution in [0.5, 0.6) is 0 Å². The Balaban J connectivity index is 2.32. The maximum Gasteiger partial charge on any atom is 0.228 e. The lowest BCUT2D eigenvalue weighted by Crippen LogP contribution is -2.52. The minimum Gasteiger partial charge on any atom is -0.361 e. The van der Waals surface area contributed by atoms with E-state index in [1.54, 1.807) is 20.8 Å². The van der Waals surface area contributed by atoms with Crippen molar-refractivity contribution in [2.45, 2.75) is 30.7 Å². The lowest BCUT2D eigenvalue weighted by Gasteiger charge is -2.30. The van der Waals surface area contributed by atoms with Crippen molar-refractivity contribution >= 4 is 57.2 Å². The largest absolute Gasteiger partial charge is 0.361 e. The SMILES string of the molecule is CC(C)(C)C(=O)N[C@H](Nc1cccc2ccccc12)C(Cl)(Cl)Cl. The van der Waals surface area contributed by atoms with Crippen LogP contribution in [0.2, 0.25) is 0 Å². The molecule has 0 unspecified atom stereocenters. The molecule has 6 heteroatoms. The second kappa shape index (κ2) is 6.76. The number of rotatable bonds is 3. The minimum absolute atomic E-state index is 0.207. The predicted octanol–water partition coefficient (Wildman–Crippen LogP) is 5.11. The molecule has 1 atom stereocenters. The lowest BCUT2D eigenvalue weighted by atomic mass is 9.95. The zero-order valence-corrected chi connectivity index (χ0v) is 15.4. The van der Waals surface area contributed by atoms with E-state index in [0.717, 1.165) is 16.5 Å². The Morgan fingerprint density at radius 2 is 1.61 bits per heavy atom. The molecule has 0 saturated heterocycles. The molecular weight excluding hydrogens is 355 g/mol. The second-order valence-electron chi connectivity index (χ2n) is 6.37. The topological polar surface area (TPSA) is 41.1 Å². The van der Waals surface area contributed by atoms with Gasteiger partial charge in [0.05, 0.1) is 0 Å². The molecule has 23 heavy (non-hydrogen) atoms. The van der Waals surface area contributed by atoms with Gasteiger partial charge in [-0.1, -0.05) is 92.0 Å². The van der Waals surface area contributed by atoms with Crippen LogP contribution in [0, 0.1) is 5.41 Å². The first kappa shape index (κ1) is 18.2. The van der Waals surface area contributed by atoms with E-state index in [1.165, 1.54) is 0 Å². The summed E-state index contributed by atoms with van der Waals surface area (Å²) in [7, 11) is 0. The summed E-state index contributed by atoms with van der Waals surface area (Å²) < 4.78 is -1.70. The van der Waals surface area contributed by atoms with Crippen molar-refractivity contribution in [3.63, 3.8) is 0 Å². The van der Waals surface area contributed by atoms with Gasteiger partial charge in [-0.15, -0.1) is 0 Å². The van der Waals surface area contributed by atoms with Gasteiger partial charge in [-0.25, -0.2) is 0 Å². The lowest BCUT2D eigenvalue weighted by molar-refractivity contribution is -0.129. The van der Waals surface area contributed by atoms with Crippen molar-refractivity contribution in [1.29, 1.82) is 0 Å². The third kappa shape index (κ3) is 4.66. The van der Waals surface area contributed by atoms with Crippen molar-refractivity contribution < 1.29 is 4.79 Å². The van der Waals surface area contributed by atoms with Crippen LogP contribution >= 0.6 is 34.8 Å². The van der Waals surface area contributed by atoms with Crippen molar-refractivity contribution in [1.82, 2.24) is 5.32 Å². The Hall–Kier alpha value is -1.16. The molecule has 2 rings (SSSR count). The number of amides is 1. The van der Waals surface area contributed by atoms with Gasteiger partial charge >= 0.3 is 0 Å². The van der Waals surface area contributed by atoms with E-state index < -0.39 is 15.4 Å². The summed E-state index contributed by atoms with van der Waals surface area (Å²) in [6, 6.07) is 13.7. The maximum atomic E-state index is 12.2. The molecule has 0 aromatic heterocycles. The van der Waals surface area contributed by atoms with Crippen molar-refractivity contribution in [3.8, 4) is 0 Å². The number of carbonyl (C=O) groups excluding carboxylic acids is 1. The maximum absolute atomic E-state index is 12.2. The van der Waals surface area contributed by atoms with Crippen molar-refractivity contribution in [2.24, 2.45) is 5.41 Å². The van der Waals surface area contributed by atoms with E-state index >= 15 is 0 Å². The van der Waals surface area contributed by atoms with Crippen LogP contribution in [-0.4, -0.2) is 15.9 Å². The normalized spacial score (nSPS) is 13.7. The van der Waals surface area contributed by atoms with Crippen LogP contribution in [0.4, 0.5) is 5.69 Å². The Morgan fingerprint density at radius 3 is 2.22 bits per heavy atom. The summed E-state index contributed by atoms with van der Waals surface area (Å²) in [4.78, 5) is 12.2. The van der Waals surface area contributed by atoms with E-state index in [0.29, 0.717) is 0 Å². The van der Waals surface area contributed by atoms with E-state index in [2.05, 4.69) is 10.6 Å². The van der Waals surface area contributed by atoms with Gasteiger partial charge in [-0.05, 0) is 11.5 Å². The zero-order valence-electron chi connectivity index (χ0n) is 13.2. The summed E-state index contributed by atoms with van der Waals surface area (Å²) in [6.07, 6.45) is -0.856. The van der Waals surface area contributed by atoms with Crippen LogP contribution in [0.25, 0.3) is 10.8 Å². The first-order chi connectivity index (χ1) is 10.6. The molecule has 0 bridgehead atoms. The number of hydrogen-bond acceptors (Lipinski definition) is 2. The predicted molar refractivity (Wildman–Crippen MR) is 99.2 cm³/mol. The molecule has 1 amide bonds. The molecule has 0 aliphatic carbocycles. The Morgan fingerprint density at radius 1 is 1.00 bits per heavy atom. The molecule has 2 N–H and O–H groups in total. The summed E-state index contributed by atoms with van der Waals surface area (Å²) in [5, 5.41) is 7.94. The minimum atomic E-state index is -1.70. The highest BCUT2D eigenvalue weighted by molar-refractivity contribution is 6.68. The molecule has 0 radical (unpaired) electrons. The second-order valence-corrected chi connectivity index (χ2v) is 8.74. The summed E-state index contributed by atoms with van der Waals surface area (Å²) >= 11 is 18.1. The smallest absolute Gasteiger partial charge is 0.228 e. The fourth-order valence-electron chi connectivity index (χ4n) is 2.05. The summed E-state index contributed by atoms with van der Waals surface area (Å²) in [6.45, 7) is 5.40. The van der Waals surface area contributed by atoms with Gasteiger partial charge in [-0.3, -0.25) is 4.79 Å². The molecule has 124 valence electrons. The third-order valence-corrected chi connectivity index (χ3v) is 4.03. The molecule has 0 aliphatic heterocycles. The van der Waals surface area contributed by atoms with Crippen LogP contribution < -0.4 is 10.6 Å². The Bertz CT molecular complexity index is 700. The highest BCUT2D eigenvalue weighted by Gasteiger charge is 2.36. The van der Waals surface area contributed by atoms with Crippen molar-refractivity contribution in [3.05, 3.63) is 42.5 Å². The molecule has 0 fully saturated rings. The van der Waals surface area contributed by atoms with Gasteiger partial charge in [-0.2, -0.15) is 0 Å². The van der Waals surface area contributed by atoms with Crippen LogP contribution in [-0.2, 0) is 4.79 Å². The number of carbonyl (C=O) groups is 1. The number of halogens is 3. The average Bonchev–Trinajstić information content (AvgIpc) is 2.44. The molecule has 0 saturated carbocycles. The van der Waals surface area contributed by atoms with Gasteiger partial charge in [0.2, 0.25) is 9.70 Å². The number of nitrogens with one attached hydrogen (secondary N) is 2. The first-order valence-corrected chi connectivity index (χ1v) is 8.34. The van der Waals surface area contributed by atoms with Gasteiger partial charge in [0.15, 0.2) is 0 Å². The quantitative estimate of drug-likeness (QED) is 0.580. The fourth-order valence-corrected chi connectivity index (χ4v) is 2.38. The van der Waals surface area contributed by atoms with E-state index in [1.807, 2.05) is 42.5 Å². The number of anilines is 1. The number of hydrogen-bond donors (Lipinski definition) is 2. The van der Waals surface area contributed by atoms with Crippen molar-refractivity contribution in [2.75, 3.05) is 5.32 Å². The standard InChI is InChI=1S/C17H19Cl3N2O/c1-16(2,3)15(23)22-14(17(18,19)20)21-13-10-6-8-11-7-4-5-9-12(11)13/h4-10,14,21H,1-3H3,(H,22,23)/t14-/m0/s1. The van der Waals surface area contributed by atoms with Crippen LogP contribution in [0.3, 0.4) is 0 Å². The highest BCUT2D eigenvalue weighted by atomic mass is 35.6. The Kier molecular flexibility index (Phi) is 5.34. The molecule has 2 aromatic rings. The van der Waals surface area contributed by atoms with Gasteiger partial charge in [0, 0.05) is 16.5 Å². The van der Waals surface area contributed by atoms with E-state index in [9.17, 15) is 4.79 Å². The fraction of sp³-hybridized carbons (Fsp3) is 0.353. The molecule has 2 aromatic carbocycles. The molecule has 0 heterocycles. The summed E-state index contributed by atoms with van der Waals surface area (Å²) in [5.74, 6) is -0.207. The first-order valence-electron chi connectivity index (χ1n) is 7.21. The number of fused-ring (bicyclic) bond motifs is 1. The third-order valence-electron chi connectivity index (χ3n) is 3.37. The zero-order chi connectivity index (χ0) is 17.3. The number of alkyl halides is 3. The average molecular weight is 374 g/mol. The van der Waals surface area contributed by atoms with Crippen LogP contribution in [0.1, 0.15) is 20.8 Å². The monoisotopic (exact) mass is 372 g/mol. The van der Waals surface area contributed by atoms with Gasteiger partial charge < -0.3 is 10.6 Å². The molecule has 0 aliphatic rings. The van der Waals surface area contributed by atoms with Gasteiger partial charge in [0.1, 0.15) is 6.17 Å². The molecule has 0 spiro atoms. The molecular formula is C17H19Cl3N2O. The van der Waals surface area contributed by atoms with Gasteiger partial charge in [0.25, 0.3) is 0 Å². The Labute approximate surface area is 151 Å². The highest BCUT2D eigenvalue weighted by Crippen LogP contribution is 2.33. The van der Waals surface area contributed by atoms with Crippen LogP contribution in [0.15, 0.2) is 42.5 Å². The van der Waals surface area contributed by atoms with E-state index in [4.69, 9.17) is 34.8 Å².